The van der Waals surface area contributed by atoms with Crippen LogP contribution in [-0.4, -0.2) is 65.7 Å². The first-order valence-electron chi connectivity index (χ1n) is 10.4. The summed E-state index contributed by atoms with van der Waals surface area (Å²) in [7, 11) is -2.00. The van der Waals surface area contributed by atoms with E-state index >= 15 is 0 Å². The molecule has 1 fully saturated rings. The predicted octanol–water partition coefficient (Wildman–Crippen LogP) is 1.96. The first-order valence-corrected chi connectivity index (χ1v) is 11.9. The number of amides is 1. The molecular weight excluding hydrogens is 430 g/mol. The van der Waals surface area contributed by atoms with Crippen molar-refractivity contribution in [2.75, 3.05) is 46.5 Å². The number of rotatable bonds is 10. The van der Waals surface area contributed by atoms with Gasteiger partial charge in [-0.1, -0.05) is 18.2 Å². The Balaban J connectivity index is 1.69. The number of nitrogens with zero attached hydrogens (tertiary/aromatic N) is 1. The number of ether oxygens (including phenoxy) is 2. The number of nitrogens with one attached hydrogen (secondary N) is 2. The Labute approximate surface area is 189 Å². The molecule has 0 bridgehead atoms. The number of morpholine rings is 1. The number of carbonyl (C=O) groups is 1. The number of benzene rings is 2. The SMILES string of the molecule is C=CCNS(=O)(=O)c1ccc(C(=O)NCC(c2ccc(OC)cc2)N2CCOCC2)cc1. The summed E-state index contributed by atoms with van der Waals surface area (Å²) in [5.74, 6) is 0.510. The first kappa shape index (κ1) is 23.9. The molecule has 2 aromatic carbocycles. The van der Waals surface area contributed by atoms with Gasteiger partial charge < -0.3 is 14.8 Å². The Hall–Kier alpha value is -2.72. The van der Waals surface area contributed by atoms with Crippen LogP contribution in [0.15, 0.2) is 66.1 Å². The van der Waals surface area contributed by atoms with E-state index in [0.717, 1.165) is 24.4 Å². The molecule has 3 rings (SSSR count). The number of sulfonamides is 1. The molecule has 0 saturated carbocycles. The van der Waals surface area contributed by atoms with Gasteiger partial charge in [0, 0.05) is 31.7 Å². The Kier molecular flexibility index (Phi) is 8.40. The summed E-state index contributed by atoms with van der Waals surface area (Å²) < 4.78 is 37.5. The highest BCUT2D eigenvalue weighted by Gasteiger charge is 2.23. The lowest BCUT2D eigenvalue weighted by molar-refractivity contribution is 0.0162. The van der Waals surface area contributed by atoms with Gasteiger partial charge in [-0.2, -0.15) is 0 Å². The van der Waals surface area contributed by atoms with Crippen LogP contribution >= 0.6 is 0 Å². The second-order valence-electron chi connectivity index (χ2n) is 7.31. The maximum Gasteiger partial charge on any atom is 0.251 e. The van der Waals surface area contributed by atoms with E-state index < -0.39 is 10.0 Å². The van der Waals surface area contributed by atoms with Crippen LogP contribution in [0.1, 0.15) is 22.0 Å². The van der Waals surface area contributed by atoms with Crippen LogP contribution in [-0.2, 0) is 14.8 Å². The number of methoxy groups -OCH3 is 1. The third kappa shape index (κ3) is 6.17. The molecule has 172 valence electrons. The van der Waals surface area contributed by atoms with Crippen molar-refractivity contribution in [3.05, 3.63) is 72.3 Å². The van der Waals surface area contributed by atoms with Crippen LogP contribution in [0.25, 0.3) is 0 Å². The average molecular weight is 460 g/mol. The van der Waals surface area contributed by atoms with Crippen molar-refractivity contribution in [3.63, 3.8) is 0 Å². The average Bonchev–Trinajstić information content (AvgIpc) is 2.84. The maximum absolute atomic E-state index is 12.7. The Morgan fingerprint density at radius 1 is 1.16 bits per heavy atom. The van der Waals surface area contributed by atoms with Crippen molar-refractivity contribution in [1.82, 2.24) is 14.9 Å². The van der Waals surface area contributed by atoms with Gasteiger partial charge in [0.2, 0.25) is 10.0 Å². The molecule has 1 aliphatic heterocycles. The van der Waals surface area contributed by atoms with Crippen molar-refractivity contribution >= 4 is 15.9 Å². The van der Waals surface area contributed by atoms with E-state index in [9.17, 15) is 13.2 Å². The van der Waals surface area contributed by atoms with E-state index in [0.29, 0.717) is 25.3 Å². The molecule has 2 aromatic rings. The molecule has 32 heavy (non-hydrogen) atoms. The van der Waals surface area contributed by atoms with Crippen LogP contribution in [0.5, 0.6) is 5.75 Å². The fourth-order valence-electron chi connectivity index (χ4n) is 3.50. The van der Waals surface area contributed by atoms with Crippen LogP contribution in [0.4, 0.5) is 0 Å². The van der Waals surface area contributed by atoms with Gasteiger partial charge in [-0.3, -0.25) is 9.69 Å². The van der Waals surface area contributed by atoms with Crippen molar-refractivity contribution in [3.8, 4) is 5.75 Å². The summed E-state index contributed by atoms with van der Waals surface area (Å²) in [5.41, 5.74) is 1.46. The Morgan fingerprint density at radius 2 is 1.81 bits per heavy atom. The third-order valence-electron chi connectivity index (χ3n) is 5.29. The van der Waals surface area contributed by atoms with Crippen molar-refractivity contribution < 1.29 is 22.7 Å². The topological polar surface area (TPSA) is 97.0 Å². The molecule has 1 saturated heterocycles. The van der Waals surface area contributed by atoms with E-state index in [4.69, 9.17) is 9.47 Å². The molecule has 1 unspecified atom stereocenters. The summed E-state index contributed by atoms with van der Waals surface area (Å²) in [5, 5.41) is 2.98. The smallest absolute Gasteiger partial charge is 0.251 e. The number of hydrogen-bond acceptors (Lipinski definition) is 6. The zero-order valence-electron chi connectivity index (χ0n) is 18.1. The van der Waals surface area contributed by atoms with E-state index in [1.54, 1.807) is 7.11 Å². The lowest BCUT2D eigenvalue weighted by atomic mass is 10.0. The van der Waals surface area contributed by atoms with E-state index in [1.165, 1.54) is 30.3 Å². The summed E-state index contributed by atoms with van der Waals surface area (Å²) in [6, 6.07) is 13.7. The van der Waals surface area contributed by atoms with Gasteiger partial charge in [-0.05, 0) is 42.0 Å². The standard InChI is InChI=1S/C23H29N3O5S/c1-3-12-25-32(28,29)21-10-6-19(7-11-21)23(27)24-17-22(26-13-15-31-16-14-26)18-4-8-20(30-2)9-5-18/h3-11,22,25H,1,12-17H2,2H3,(H,24,27). The van der Waals surface area contributed by atoms with Crippen LogP contribution in [0, 0.1) is 0 Å². The highest BCUT2D eigenvalue weighted by Crippen LogP contribution is 2.24. The normalized spacial score (nSPS) is 15.7. The second-order valence-corrected chi connectivity index (χ2v) is 9.08. The summed E-state index contributed by atoms with van der Waals surface area (Å²) in [6.07, 6.45) is 1.47. The monoisotopic (exact) mass is 459 g/mol. The van der Waals surface area contributed by atoms with Gasteiger partial charge in [0.05, 0.1) is 31.3 Å². The van der Waals surface area contributed by atoms with Gasteiger partial charge in [0.1, 0.15) is 5.75 Å². The fraction of sp³-hybridized carbons (Fsp3) is 0.348. The molecule has 0 radical (unpaired) electrons. The quantitative estimate of drug-likeness (QED) is 0.528. The zero-order valence-corrected chi connectivity index (χ0v) is 18.9. The molecule has 1 aliphatic rings. The Bertz CT molecular complexity index is 1000. The van der Waals surface area contributed by atoms with E-state index in [1.807, 2.05) is 24.3 Å². The second kappa shape index (κ2) is 11.2. The molecule has 1 amide bonds. The van der Waals surface area contributed by atoms with Gasteiger partial charge in [-0.25, -0.2) is 13.1 Å². The van der Waals surface area contributed by atoms with Gasteiger partial charge in [0.25, 0.3) is 5.91 Å². The number of carbonyl (C=O) groups excluding carboxylic acids is 1. The molecule has 1 atom stereocenters. The minimum Gasteiger partial charge on any atom is -0.497 e. The van der Waals surface area contributed by atoms with Crippen molar-refractivity contribution in [1.29, 1.82) is 0 Å². The number of hydrogen-bond donors (Lipinski definition) is 2. The van der Waals surface area contributed by atoms with Crippen molar-refractivity contribution in [2.45, 2.75) is 10.9 Å². The molecule has 2 N–H and O–H groups in total. The Morgan fingerprint density at radius 3 is 2.41 bits per heavy atom. The van der Waals surface area contributed by atoms with Gasteiger partial charge in [-0.15, -0.1) is 6.58 Å². The third-order valence-corrected chi connectivity index (χ3v) is 6.73. The molecule has 0 spiro atoms. The summed E-state index contributed by atoms with van der Waals surface area (Å²) in [4.78, 5) is 15.1. The van der Waals surface area contributed by atoms with E-state index in [2.05, 4.69) is 21.5 Å². The van der Waals surface area contributed by atoms with Crippen molar-refractivity contribution in [2.24, 2.45) is 0 Å². The lowest BCUT2D eigenvalue weighted by Crippen LogP contribution is -2.43. The van der Waals surface area contributed by atoms with Gasteiger partial charge in [0.15, 0.2) is 0 Å². The predicted molar refractivity (Wildman–Crippen MR) is 122 cm³/mol. The highest BCUT2D eigenvalue weighted by atomic mass is 32.2. The van der Waals surface area contributed by atoms with E-state index in [-0.39, 0.29) is 23.4 Å². The summed E-state index contributed by atoms with van der Waals surface area (Å²) in [6.45, 7) is 6.89. The molecule has 8 nitrogen and oxygen atoms in total. The first-order chi connectivity index (χ1) is 15.4. The minimum atomic E-state index is -3.63. The van der Waals surface area contributed by atoms with Crippen LogP contribution < -0.4 is 14.8 Å². The lowest BCUT2D eigenvalue weighted by Gasteiger charge is -2.35. The van der Waals surface area contributed by atoms with Gasteiger partial charge >= 0.3 is 0 Å². The fourth-order valence-corrected chi connectivity index (χ4v) is 4.50. The van der Waals surface area contributed by atoms with Crippen LogP contribution in [0.2, 0.25) is 0 Å². The zero-order chi connectivity index (χ0) is 23.0. The molecule has 0 aromatic heterocycles. The maximum atomic E-state index is 12.7. The molecular formula is C23H29N3O5S. The molecule has 1 heterocycles. The molecule has 0 aliphatic carbocycles. The molecule has 9 heteroatoms. The highest BCUT2D eigenvalue weighted by molar-refractivity contribution is 7.89. The largest absolute Gasteiger partial charge is 0.497 e. The summed E-state index contributed by atoms with van der Waals surface area (Å²) >= 11 is 0. The van der Waals surface area contributed by atoms with Crippen LogP contribution in [0.3, 0.4) is 0 Å². The minimum absolute atomic E-state index is 0.0171.